The van der Waals surface area contributed by atoms with Crippen molar-refractivity contribution in [2.24, 2.45) is 0 Å². The van der Waals surface area contributed by atoms with Gasteiger partial charge in [0.2, 0.25) is 0 Å². The fraction of sp³-hybridized carbons (Fsp3) is 0.500. The van der Waals surface area contributed by atoms with Gasteiger partial charge in [-0.3, -0.25) is 0 Å². The molecule has 0 aliphatic rings. The minimum atomic E-state index is -4.95. The zero-order chi connectivity index (χ0) is 9.83. The van der Waals surface area contributed by atoms with E-state index in [1.807, 2.05) is 0 Å². The van der Waals surface area contributed by atoms with Gasteiger partial charge in [-0.2, -0.15) is 18.4 Å². The van der Waals surface area contributed by atoms with Crippen LogP contribution in [0.4, 0.5) is 13.2 Å². The van der Waals surface area contributed by atoms with Crippen molar-refractivity contribution in [1.82, 2.24) is 0 Å². The third kappa shape index (κ3) is 2.22. The minimum Gasteiger partial charge on any atom is -0.355 e. The minimum absolute atomic E-state index is 0.229. The molecule has 0 radical (unpaired) electrons. The predicted octanol–water partition coefficient (Wildman–Crippen LogP) is 0.963. The number of aliphatic hydroxyl groups is 1. The van der Waals surface area contributed by atoms with Crippen LogP contribution < -0.4 is 0 Å². The van der Waals surface area contributed by atoms with Gasteiger partial charge in [0.05, 0.1) is 6.07 Å². The summed E-state index contributed by atoms with van der Waals surface area (Å²) in [5.74, 6) is -3.37. The molecule has 0 bridgehead atoms. The van der Waals surface area contributed by atoms with E-state index >= 15 is 0 Å². The van der Waals surface area contributed by atoms with Crippen molar-refractivity contribution in [2.75, 3.05) is 7.11 Å². The van der Waals surface area contributed by atoms with Gasteiger partial charge in [-0.1, -0.05) is 0 Å². The van der Waals surface area contributed by atoms with Gasteiger partial charge in [0.1, 0.15) is 0 Å². The Labute approximate surface area is 66.7 Å². The SMILES string of the molecule is COC(O)(/C=C/C#N)C(F)(F)F. The Hall–Kier alpha value is -1.06. The zero-order valence-corrected chi connectivity index (χ0v) is 6.09. The van der Waals surface area contributed by atoms with E-state index in [9.17, 15) is 13.2 Å². The molecule has 1 N–H and O–H groups in total. The largest absolute Gasteiger partial charge is 0.447 e. The molecule has 0 rings (SSSR count). The molecule has 0 spiro atoms. The van der Waals surface area contributed by atoms with Crippen LogP contribution in [0, 0.1) is 11.3 Å². The molecular formula is C6H6F3NO2. The molecule has 0 aromatic rings. The highest BCUT2D eigenvalue weighted by molar-refractivity contribution is 5.09. The van der Waals surface area contributed by atoms with Crippen LogP contribution >= 0.6 is 0 Å². The number of hydrogen-bond donors (Lipinski definition) is 1. The van der Waals surface area contributed by atoms with E-state index in [4.69, 9.17) is 10.4 Å². The Kier molecular flexibility index (Phi) is 3.24. The Morgan fingerprint density at radius 2 is 2.00 bits per heavy atom. The molecule has 3 nitrogen and oxygen atoms in total. The lowest BCUT2D eigenvalue weighted by atomic mass is 10.2. The van der Waals surface area contributed by atoms with Crippen LogP contribution in [0.1, 0.15) is 0 Å². The molecule has 0 fully saturated rings. The van der Waals surface area contributed by atoms with Crippen molar-refractivity contribution in [3.63, 3.8) is 0 Å². The summed E-state index contributed by atoms with van der Waals surface area (Å²) in [4.78, 5) is 0. The van der Waals surface area contributed by atoms with E-state index in [1.54, 1.807) is 0 Å². The molecule has 0 aliphatic carbocycles. The third-order valence-corrected chi connectivity index (χ3v) is 1.10. The molecule has 0 amide bonds. The summed E-state index contributed by atoms with van der Waals surface area (Å²) in [5.41, 5.74) is 0. The predicted molar refractivity (Wildman–Crippen MR) is 32.8 cm³/mol. The second-order valence-corrected chi connectivity index (χ2v) is 1.86. The average Bonchev–Trinajstić information content (AvgIpc) is 1.98. The zero-order valence-electron chi connectivity index (χ0n) is 6.09. The summed E-state index contributed by atoms with van der Waals surface area (Å²) in [6, 6.07) is 1.31. The number of allylic oxidation sites excluding steroid dienone is 1. The van der Waals surface area contributed by atoms with Crippen LogP contribution in [0.3, 0.4) is 0 Å². The van der Waals surface area contributed by atoms with Crippen molar-refractivity contribution < 1.29 is 23.0 Å². The van der Waals surface area contributed by atoms with Crippen molar-refractivity contribution >= 4 is 0 Å². The van der Waals surface area contributed by atoms with E-state index in [0.717, 1.165) is 0 Å². The van der Waals surface area contributed by atoms with Gasteiger partial charge in [0.15, 0.2) is 0 Å². The van der Waals surface area contributed by atoms with E-state index in [-0.39, 0.29) is 6.08 Å². The first-order valence-electron chi connectivity index (χ1n) is 2.79. The number of nitriles is 1. The van der Waals surface area contributed by atoms with Gasteiger partial charge in [-0.25, -0.2) is 0 Å². The van der Waals surface area contributed by atoms with E-state index < -0.39 is 12.0 Å². The number of rotatable bonds is 2. The normalized spacial score (nSPS) is 17.3. The number of halogens is 3. The molecule has 6 heteroatoms. The lowest BCUT2D eigenvalue weighted by Gasteiger charge is -2.24. The third-order valence-electron chi connectivity index (χ3n) is 1.10. The summed E-state index contributed by atoms with van der Waals surface area (Å²) < 4.78 is 39.5. The van der Waals surface area contributed by atoms with Crippen molar-refractivity contribution in [2.45, 2.75) is 12.0 Å². The lowest BCUT2D eigenvalue weighted by molar-refractivity contribution is -0.332. The molecule has 68 valence electrons. The van der Waals surface area contributed by atoms with Gasteiger partial charge >= 0.3 is 6.18 Å². The molecule has 0 aromatic carbocycles. The number of nitrogens with zero attached hydrogens (tertiary/aromatic N) is 1. The van der Waals surface area contributed by atoms with E-state index in [2.05, 4.69) is 4.74 Å². The van der Waals surface area contributed by atoms with E-state index in [1.165, 1.54) is 6.07 Å². The molecule has 0 saturated heterocycles. The highest BCUT2D eigenvalue weighted by Crippen LogP contribution is 2.31. The molecule has 12 heavy (non-hydrogen) atoms. The molecule has 0 saturated carbocycles. The summed E-state index contributed by atoms with van der Waals surface area (Å²) in [6.45, 7) is 0. The number of methoxy groups -OCH3 is 1. The summed E-state index contributed by atoms with van der Waals surface area (Å²) in [6.07, 6.45) is -4.22. The van der Waals surface area contributed by atoms with Crippen LogP contribution in [0.15, 0.2) is 12.2 Å². The standard InChI is InChI=1S/C6H6F3NO2/c1-12-5(11,3-2-4-10)6(7,8)9/h2-3,11H,1H3/b3-2+. The van der Waals surface area contributed by atoms with E-state index in [0.29, 0.717) is 13.2 Å². The fourth-order valence-corrected chi connectivity index (χ4v) is 0.428. The van der Waals surface area contributed by atoms with Crippen molar-refractivity contribution in [1.29, 1.82) is 5.26 Å². The Bertz CT molecular complexity index is 218. The first-order chi connectivity index (χ1) is 5.37. The number of ether oxygens (including phenoxy) is 1. The summed E-state index contributed by atoms with van der Waals surface area (Å²) in [7, 11) is 0.690. The smallest absolute Gasteiger partial charge is 0.355 e. The quantitative estimate of drug-likeness (QED) is 0.510. The van der Waals surface area contributed by atoms with Gasteiger partial charge in [-0.15, -0.1) is 0 Å². The first-order valence-corrected chi connectivity index (χ1v) is 2.79. The maximum absolute atomic E-state index is 11.9. The van der Waals surface area contributed by atoms with Crippen LogP contribution in [-0.2, 0) is 4.74 Å². The molecule has 0 heterocycles. The highest BCUT2D eigenvalue weighted by Gasteiger charge is 2.53. The lowest BCUT2D eigenvalue weighted by Crippen LogP contribution is -2.44. The second-order valence-electron chi connectivity index (χ2n) is 1.86. The van der Waals surface area contributed by atoms with Crippen LogP contribution in [0.5, 0.6) is 0 Å². The molecular weight excluding hydrogens is 175 g/mol. The molecule has 1 atom stereocenters. The Morgan fingerprint density at radius 1 is 1.50 bits per heavy atom. The van der Waals surface area contributed by atoms with Crippen LogP contribution in [0.25, 0.3) is 0 Å². The molecule has 0 aliphatic heterocycles. The van der Waals surface area contributed by atoms with Crippen LogP contribution in [0.2, 0.25) is 0 Å². The summed E-state index contributed by atoms with van der Waals surface area (Å²) >= 11 is 0. The Balaban J connectivity index is 4.71. The van der Waals surface area contributed by atoms with Gasteiger partial charge in [0, 0.05) is 13.2 Å². The molecule has 1 unspecified atom stereocenters. The second kappa shape index (κ2) is 3.56. The van der Waals surface area contributed by atoms with Crippen LogP contribution in [-0.4, -0.2) is 24.2 Å². The number of hydrogen-bond acceptors (Lipinski definition) is 3. The first kappa shape index (κ1) is 10.9. The fourth-order valence-electron chi connectivity index (χ4n) is 0.428. The van der Waals surface area contributed by atoms with Gasteiger partial charge < -0.3 is 9.84 Å². The average molecular weight is 181 g/mol. The summed E-state index contributed by atoms with van der Waals surface area (Å²) in [5, 5.41) is 16.6. The molecule has 0 aromatic heterocycles. The van der Waals surface area contributed by atoms with Crippen molar-refractivity contribution in [3.05, 3.63) is 12.2 Å². The van der Waals surface area contributed by atoms with Crippen molar-refractivity contribution in [3.8, 4) is 6.07 Å². The highest BCUT2D eigenvalue weighted by atomic mass is 19.4. The Morgan fingerprint density at radius 3 is 2.25 bits per heavy atom. The topological polar surface area (TPSA) is 53.2 Å². The number of alkyl halides is 3. The monoisotopic (exact) mass is 181 g/mol. The van der Waals surface area contributed by atoms with Gasteiger partial charge in [0.25, 0.3) is 5.79 Å². The maximum Gasteiger partial charge on any atom is 0.447 e. The maximum atomic E-state index is 11.9. The van der Waals surface area contributed by atoms with Gasteiger partial charge in [-0.05, 0) is 6.08 Å².